The van der Waals surface area contributed by atoms with Gasteiger partial charge in [-0.1, -0.05) is 120 Å². The van der Waals surface area contributed by atoms with Crippen molar-refractivity contribution in [2.45, 2.75) is 97.3 Å². The number of hydrogen-bond acceptors (Lipinski definition) is 0. The highest BCUT2D eigenvalue weighted by Gasteiger charge is 2.07. The Balaban J connectivity index is 1.53. The zero-order chi connectivity index (χ0) is 27.7. The quantitative estimate of drug-likeness (QED) is 0.154. The number of aryl methyl sites for hydroxylation is 2. The largest absolute Gasteiger partial charge is 0.206 e. The predicted octanol–water partition coefficient (Wildman–Crippen LogP) is 10.2. The van der Waals surface area contributed by atoms with E-state index in [9.17, 15) is 8.78 Å². The van der Waals surface area contributed by atoms with Crippen molar-refractivity contribution in [2.75, 3.05) is 0 Å². The van der Waals surface area contributed by atoms with Crippen LogP contribution in [0.5, 0.6) is 0 Å². The minimum Gasteiger partial charge on any atom is -0.206 e. The lowest BCUT2D eigenvalue weighted by molar-refractivity contribution is 0.575. The van der Waals surface area contributed by atoms with Gasteiger partial charge in [-0.15, -0.1) is 0 Å². The fourth-order valence-corrected chi connectivity index (χ4v) is 4.57. The topological polar surface area (TPSA) is 0 Å². The van der Waals surface area contributed by atoms with Crippen molar-refractivity contribution in [1.29, 1.82) is 0 Å². The molecule has 3 aromatic carbocycles. The summed E-state index contributed by atoms with van der Waals surface area (Å²) >= 11 is 0. The normalized spacial score (nSPS) is 10.5. The van der Waals surface area contributed by atoms with Crippen LogP contribution >= 0.6 is 0 Å². The minimum absolute atomic E-state index is 0.0374. The molecule has 0 aliphatic carbocycles. The molecule has 0 fully saturated rings. The Kier molecular flexibility index (Phi) is 13.4. The molecule has 3 aromatic rings. The molecule has 204 valence electrons. The summed E-state index contributed by atoms with van der Waals surface area (Å²) < 4.78 is 29.3. The molecular weight excluding hydrogens is 482 g/mol. The first-order valence-electron chi connectivity index (χ1n) is 14.8. The smallest absolute Gasteiger partial charge is 0.140 e. The van der Waals surface area contributed by atoms with Crippen LogP contribution in [0.3, 0.4) is 0 Å². The first kappa shape index (κ1) is 30.2. The van der Waals surface area contributed by atoms with Crippen LogP contribution in [0.15, 0.2) is 60.7 Å². The Morgan fingerprint density at radius 2 is 0.821 bits per heavy atom. The molecule has 0 saturated carbocycles. The monoisotopic (exact) mass is 524 g/mol. The lowest BCUT2D eigenvalue weighted by Crippen LogP contribution is -1.92. The summed E-state index contributed by atoms with van der Waals surface area (Å²) in [6.45, 7) is 4.44. The molecule has 0 aliphatic rings. The van der Waals surface area contributed by atoms with Gasteiger partial charge in [-0.25, -0.2) is 8.78 Å². The molecule has 0 N–H and O–H groups in total. The first-order chi connectivity index (χ1) is 19.1. The van der Waals surface area contributed by atoms with E-state index in [2.05, 4.69) is 61.8 Å². The Morgan fingerprint density at radius 1 is 0.462 bits per heavy atom. The number of benzene rings is 3. The summed E-state index contributed by atoms with van der Waals surface area (Å²) in [6, 6.07) is 18.3. The fraction of sp³-hybridized carbons (Fsp3) is 0.405. The standard InChI is InChI=1S/C37H42F2/c1-3-5-7-8-9-10-11-13-15-31-18-22-33(23-19-31)25-27-35-29-36(38)34(28-37(35)39)26-24-32-20-16-30(17-21-32)14-12-6-4-2/h16-23,28-29H,3-15H2,1-2H3. The molecule has 2 heteroatoms. The van der Waals surface area contributed by atoms with Crippen LogP contribution in [0.25, 0.3) is 0 Å². The summed E-state index contributed by atoms with van der Waals surface area (Å²) in [7, 11) is 0. The van der Waals surface area contributed by atoms with Gasteiger partial charge in [0.25, 0.3) is 0 Å². The van der Waals surface area contributed by atoms with E-state index in [1.807, 2.05) is 24.3 Å². The maximum Gasteiger partial charge on any atom is 0.140 e. The van der Waals surface area contributed by atoms with E-state index < -0.39 is 11.6 Å². The molecule has 0 saturated heterocycles. The van der Waals surface area contributed by atoms with E-state index in [1.165, 1.54) is 81.8 Å². The number of unbranched alkanes of at least 4 members (excludes halogenated alkanes) is 9. The van der Waals surface area contributed by atoms with Crippen LogP contribution in [0.4, 0.5) is 8.78 Å². The average molecular weight is 525 g/mol. The molecule has 0 aliphatic heterocycles. The van der Waals surface area contributed by atoms with Gasteiger partial charge in [0, 0.05) is 11.1 Å². The second-order valence-electron chi connectivity index (χ2n) is 10.4. The summed E-state index contributed by atoms with van der Waals surface area (Å²) in [4.78, 5) is 0. The molecule has 0 unspecified atom stereocenters. The van der Waals surface area contributed by atoms with Gasteiger partial charge in [0.2, 0.25) is 0 Å². The summed E-state index contributed by atoms with van der Waals surface area (Å²) in [5.41, 5.74) is 4.21. The summed E-state index contributed by atoms with van der Waals surface area (Å²) in [6.07, 6.45) is 16.2. The van der Waals surface area contributed by atoms with Crippen LogP contribution < -0.4 is 0 Å². The molecule has 0 aromatic heterocycles. The first-order valence-corrected chi connectivity index (χ1v) is 14.8. The van der Waals surface area contributed by atoms with Crippen LogP contribution in [0.1, 0.15) is 118 Å². The van der Waals surface area contributed by atoms with Gasteiger partial charge in [-0.05, 0) is 73.2 Å². The van der Waals surface area contributed by atoms with Crippen LogP contribution in [0.2, 0.25) is 0 Å². The molecule has 0 radical (unpaired) electrons. The SMILES string of the molecule is CCCCCCCCCCc1ccc(C#Cc2cc(F)c(C#Cc3ccc(CCCCC)cc3)cc2F)cc1. The third-order valence-corrected chi connectivity index (χ3v) is 7.04. The van der Waals surface area contributed by atoms with E-state index in [4.69, 9.17) is 0 Å². The van der Waals surface area contributed by atoms with Crippen molar-refractivity contribution in [3.05, 3.63) is 106 Å². The Morgan fingerprint density at radius 3 is 1.26 bits per heavy atom. The Bertz CT molecular complexity index is 1260. The third kappa shape index (κ3) is 11.1. The van der Waals surface area contributed by atoms with Crippen LogP contribution in [-0.4, -0.2) is 0 Å². The average Bonchev–Trinajstić information content (AvgIpc) is 2.95. The van der Waals surface area contributed by atoms with Crippen LogP contribution in [-0.2, 0) is 12.8 Å². The van der Waals surface area contributed by atoms with E-state index in [0.717, 1.165) is 36.1 Å². The number of rotatable bonds is 13. The molecule has 0 amide bonds. The Labute approximate surface area is 235 Å². The highest BCUT2D eigenvalue weighted by Crippen LogP contribution is 2.16. The molecule has 0 atom stereocenters. The molecule has 3 rings (SSSR count). The third-order valence-electron chi connectivity index (χ3n) is 7.04. The fourth-order valence-electron chi connectivity index (χ4n) is 4.57. The summed E-state index contributed by atoms with van der Waals surface area (Å²) in [5.74, 6) is 10.3. The zero-order valence-corrected chi connectivity index (χ0v) is 23.7. The van der Waals surface area contributed by atoms with Gasteiger partial charge < -0.3 is 0 Å². The molecule has 0 nitrogen and oxygen atoms in total. The second-order valence-corrected chi connectivity index (χ2v) is 10.4. The molecule has 0 spiro atoms. The van der Waals surface area contributed by atoms with E-state index in [0.29, 0.717) is 0 Å². The number of halogens is 2. The lowest BCUT2D eigenvalue weighted by Gasteiger charge is -2.03. The van der Waals surface area contributed by atoms with Gasteiger partial charge in [0.05, 0.1) is 11.1 Å². The van der Waals surface area contributed by atoms with Crippen molar-refractivity contribution in [3.63, 3.8) is 0 Å². The lowest BCUT2D eigenvalue weighted by atomic mass is 10.0. The van der Waals surface area contributed by atoms with Gasteiger partial charge >= 0.3 is 0 Å². The van der Waals surface area contributed by atoms with Crippen molar-refractivity contribution < 1.29 is 8.78 Å². The number of hydrogen-bond donors (Lipinski definition) is 0. The molecular formula is C37H42F2. The zero-order valence-electron chi connectivity index (χ0n) is 23.7. The molecule has 39 heavy (non-hydrogen) atoms. The van der Waals surface area contributed by atoms with Gasteiger partial charge in [-0.3, -0.25) is 0 Å². The molecule has 0 heterocycles. The van der Waals surface area contributed by atoms with Gasteiger partial charge in [0.15, 0.2) is 0 Å². The van der Waals surface area contributed by atoms with Crippen molar-refractivity contribution in [3.8, 4) is 23.7 Å². The van der Waals surface area contributed by atoms with Crippen LogP contribution in [0, 0.1) is 35.3 Å². The van der Waals surface area contributed by atoms with Crippen molar-refractivity contribution in [1.82, 2.24) is 0 Å². The predicted molar refractivity (Wildman–Crippen MR) is 161 cm³/mol. The maximum atomic E-state index is 14.7. The maximum absolute atomic E-state index is 14.7. The second kappa shape index (κ2) is 17.3. The molecule has 0 bridgehead atoms. The van der Waals surface area contributed by atoms with E-state index in [-0.39, 0.29) is 11.1 Å². The Hall–Kier alpha value is -3.36. The van der Waals surface area contributed by atoms with Gasteiger partial charge in [-0.2, -0.15) is 0 Å². The van der Waals surface area contributed by atoms with Crippen molar-refractivity contribution >= 4 is 0 Å². The highest BCUT2D eigenvalue weighted by molar-refractivity contribution is 5.49. The van der Waals surface area contributed by atoms with Crippen molar-refractivity contribution in [2.24, 2.45) is 0 Å². The highest BCUT2D eigenvalue weighted by atomic mass is 19.1. The minimum atomic E-state index is -0.565. The van der Waals surface area contributed by atoms with E-state index in [1.54, 1.807) is 0 Å². The van der Waals surface area contributed by atoms with E-state index >= 15 is 0 Å². The van der Waals surface area contributed by atoms with Gasteiger partial charge in [0.1, 0.15) is 11.6 Å². The summed E-state index contributed by atoms with van der Waals surface area (Å²) in [5, 5.41) is 0.